The molecule has 3 aromatic rings. The molecule has 1 atom stereocenters. The Hall–Kier alpha value is -2.06. The standard InChI is InChI=1S/C19H20N2/c1-12-7-8-14(13(2)11-12)18-19-16(9-10-20-18)15-5-3-4-6-17(15)21-19/h3-8,11,18,20-21H,9-10H2,1-2H3. The van der Waals surface area contributed by atoms with Crippen LogP contribution in [0.15, 0.2) is 42.5 Å². The van der Waals surface area contributed by atoms with Crippen molar-refractivity contribution in [3.8, 4) is 0 Å². The lowest BCUT2D eigenvalue weighted by Crippen LogP contribution is -2.30. The Morgan fingerprint density at radius 3 is 2.76 bits per heavy atom. The van der Waals surface area contributed by atoms with E-state index in [1.807, 2.05) is 0 Å². The first-order valence-corrected chi connectivity index (χ1v) is 7.64. The van der Waals surface area contributed by atoms with E-state index in [2.05, 4.69) is 66.6 Å². The molecule has 1 aliphatic heterocycles. The molecule has 106 valence electrons. The minimum atomic E-state index is 0.279. The van der Waals surface area contributed by atoms with Gasteiger partial charge in [0.1, 0.15) is 0 Å². The van der Waals surface area contributed by atoms with Gasteiger partial charge in [-0.25, -0.2) is 0 Å². The van der Waals surface area contributed by atoms with Crippen molar-refractivity contribution in [1.82, 2.24) is 10.3 Å². The van der Waals surface area contributed by atoms with Gasteiger partial charge >= 0.3 is 0 Å². The fraction of sp³-hybridized carbons (Fsp3) is 0.263. The maximum atomic E-state index is 3.68. The van der Waals surface area contributed by atoms with Gasteiger partial charge in [0.05, 0.1) is 6.04 Å². The fourth-order valence-electron chi connectivity index (χ4n) is 3.60. The van der Waals surface area contributed by atoms with Gasteiger partial charge in [-0.1, -0.05) is 42.0 Å². The Bertz CT molecular complexity index is 814. The van der Waals surface area contributed by atoms with E-state index in [-0.39, 0.29) is 6.04 Å². The molecule has 0 saturated carbocycles. The number of aromatic amines is 1. The fourth-order valence-corrected chi connectivity index (χ4v) is 3.60. The normalized spacial score (nSPS) is 17.9. The van der Waals surface area contributed by atoms with Crippen LogP contribution in [-0.4, -0.2) is 11.5 Å². The highest BCUT2D eigenvalue weighted by Gasteiger charge is 2.25. The van der Waals surface area contributed by atoms with Crippen molar-refractivity contribution >= 4 is 10.9 Å². The molecule has 1 aromatic heterocycles. The van der Waals surface area contributed by atoms with Crippen LogP contribution < -0.4 is 5.32 Å². The number of benzene rings is 2. The minimum Gasteiger partial charge on any atom is -0.357 e. The van der Waals surface area contributed by atoms with Crippen LogP contribution in [-0.2, 0) is 6.42 Å². The number of aromatic nitrogens is 1. The summed E-state index contributed by atoms with van der Waals surface area (Å²) in [4.78, 5) is 3.64. The average molecular weight is 276 g/mol. The van der Waals surface area contributed by atoms with E-state index in [0.29, 0.717) is 0 Å². The number of fused-ring (bicyclic) bond motifs is 3. The second-order valence-corrected chi connectivity index (χ2v) is 6.06. The van der Waals surface area contributed by atoms with Gasteiger partial charge < -0.3 is 10.3 Å². The third-order valence-corrected chi connectivity index (χ3v) is 4.60. The van der Waals surface area contributed by atoms with Crippen molar-refractivity contribution in [2.75, 3.05) is 6.54 Å². The quantitative estimate of drug-likeness (QED) is 0.690. The predicted molar refractivity (Wildman–Crippen MR) is 87.8 cm³/mol. The molecule has 0 radical (unpaired) electrons. The van der Waals surface area contributed by atoms with Crippen LogP contribution in [0.2, 0.25) is 0 Å². The molecular weight excluding hydrogens is 256 g/mol. The van der Waals surface area contributed by atoms with Crippen molar-refractivity contribution in [3.63, 3.8) is 0 Å². The average Bonchev–Trinajstić information content (AvgIpc) is 2.86. The van der Waals surface area contributed by atoms with E-state index in [0.717, 1.165) is 13.0 Å². The summed E-state index contributed by atoms with van der Waals surface area (Å²) in [5, 5.41) is 5.06. The third kappa shape index (κ3) is 1.98. The molecule has 2 nitrogen and oxygen atoms in total. The molecule has 0 fully saturated rings. The van der Waals surface area contributed by atoms with Crippen LogP contribution in [0, 0.1) is 13.8 Å². The maximum absolute atomic E-state index is 3.68. The highest BCUT2D eigenvalue weighted by molar-refractivity contribution is 5.85. The van der Waals surface area contributed by atoms with Crippen molar-refractivity contribution < 1.29 is 0 Å². The molecular formula is C19H20N2. The molecule has 2 N–H and O–H groups in total. The number of hydrogen-bond acceptors (Lipinski definition) is 1. The topological polar surface area (TPSA) is 27.8 Å². The SMILES string of the molecule is Cc1ccc(C2NCCc3c2[nH]c2ccccc32)c(C)c1. The summed E-state index contributed by atoms with van der Waals surface area (Å²) < 4.78 is 0. The molecule has 2 heteroatoms. The molecule has 2 aromatic carbocycles. The van der Waals surface area contributed by atoms with Crippen LogP contribution in [0.5, 0.6) is 0 Å². The molecule has 0 amide bonds. The Morgan fingerprint density at radius 2 is 1.90 bits per heavy atom. The van der Waals surface area contributed by atoms with Gasteiger partial charge in [0, 0.05) is 23.1 Å². The first kappa shape index (κ1) is 12.7. The van der Waals surface area contributed by atoms with Gasteiger partial charge in [0.2, 0.25) is 0 Å². The summed E-state index contributed by atoms with van der Waals surface area (Å²) in [5.74, 6) is 0. The highest BCUT2D eigenvalue weighted by Crippen LogP contribution is 2.34. The summed E-state index contributed by atoms with van der Waals surface area (Å²) >= 11 is 0. The van der Waals surface area contributed by atoms with Crippen LogP contribution in [0.3, 0.4) is 0 Å². The van der Waals surface area contributed by atoms with E-state index in [4.69, 9.17) is 0 Å². The molecule has 4 rings (SSSR count). The van der Waals surface area contributed by atoms with Crippen LogP contribution in [0.25, 0.3) is 10.9 Å². The van der Waals surface area contributed by atoms with E-state index >= 15 is 0 Å². The number of rotatable bonds is 1. The molecule has 0 spiro atoms. The zero-order valence-corrected chi connectivity index (χ0v) is 12.5. The lowest BCUT2D eigenvalue weighted by molar-refractivity contribution is 0.558. The van der Waals surface area contributed by atoms with Crippen molar-refractivity contribution in [1.29, 1.82) is 0 Å². The number of para-hydroxylation sites is 1. The summed E-state index contributed by atoms with van der Waals surface area (Å²) in [5.41, 5.74) is 8.14. The molecule has 0 aliphatic carbocycles. The third-order valence-electron chi connectivity index (χ3n) is 4.60. The molecule has 1 unspecified atom stereocenters. The first-order valence-electron chi connectivity index (χ1n) is 7.64. The monoisotopic (exact) mass is 276 g/mol. The number of aryl methyl sites for hydroxylation is 2. The molecule has 0 saturated heterocycles. The van der Waals surface area contributed by atoms with Crippen molar-refractivity contribution in [2.24, 2.45) is 0 Å². The Balaban J connectivity index is 1.90. The molecule has 21 heavy (non-hydrogen) atoms. The number of nitrogens with one attached hydrogen (secondary N) is 2. The van der Waals surface area contributed by atoms with E-state index < -0.39 is 0 Å². The largest absolute Gasteiger partial charge is 0.357 e. The summed E-state index contributed by atoms with van der Waals surface area (Å²) in [6.07, 6.45) is 1.10. The minimum absolute atomic E-state index is 0.279. The Labute approximate surface area is 125 Å². The van der Waals surface area contributed by atoms with Gasteiger partial charge in [-0.3, -0.25) is 0 Å². The second-order valence-electron chi connectivity index (χ2n) is 6.06. The van der Waals surface area contributed by atoms with Gasteiger partial charge in [0.15, 0.2) is 0 Å². The van der Waals surface area contributed by atoms with E-state index in [9.17, 15) is 0 Å². The van der Waals surface area contributed by atoms with Gasteiger partial charge in [0.25, 0.3) is 0 Å². The Kier molecular flexibility index (Phi) is 2.86. The van der Waals surface area contributed by atoms with Crippen molar-refractivity contribution in [2.45, 2.75) is 26.3 Å². The van der Waals surface area contributed by atoms with Gasteiger partial charge in [-0.05, 0) is 43.0 Å². The smallest absolute Gasteiger partial charge is 0.0734 e. The lowest BCUT2D eigenvalue weighted by Gasteiger charge is -2.26. The summed E-state index contributed by atoms with van der Waals surface area (Å²) in [7, 11) is 0. The van der Waals surface area contributed by atoms with E-state index in [1.165, 1.54) is 38.9 Å². The predicted octanol–water partition coefficient (Wildman–Crippen LogP) is 4.02. The van der Waals surface area contributed by atoms with E-state index in [1.54, 1.807) is 0 Å². The zero-order chi connectivity index (χ0) is 14.4. The Morgan fingerprint density at radius 1 is 1.05 bits per heavy atom. The maximum Gasteiger partial charge on any atom is 0.0734 e. The van der Waals surface area contributed by atoms with Crippen molar-refractivity contribution in [3.05, 3.63) is 70.4 Å². The summed E-state index contributed by atoms with van der Waals surface area (Å²) in [6.45, 7) is 5.40. The molecule has 1 aliphatic rings. The van der Waals surface area contributed by atoms with Crippen LogP contribution in [0.1, 0.15) is 34.0 Å². The number of H-pyrrole nitrogens is 1. The first-order chi connectivity index (χ1) is 10.2. The van der Waals surface area contributed by atoms with Crippen LogP contribution in [0.4, 0.5) is 0 Å². The second kappa shape index (κ2) is 4.74. The number of hydrogen-bond donors (Lipinski definition) is 2. The van der Waals surface area contributed by atoms with Gasteiger partial charge in [-0.2, -0.15) is 0 Å². The van der Waals surface area contributed by atoms with Gasteiger partial charge in [-0.15, -0.1) is 0 Å². The highest BCUT2D eigenvalue weighted by atomic mass is 15.0. The zero-order valence-electron chi connectivity index (χ0n) is 12.5. The summed E-state index contributed by atoms with van der Waals surface area (Å²) in [6, 6.07) is 15.7. The van der Waals surface area contributed by atoms with Crippen LogP contribution >= 0.6 is 0 Å². The lowest BCUT2D eigenvalue weighted by atomic mass is 9.91. The molecule has 0 bridgehead atoms. The molecule has 2 heterocycles.